The Kier molecular flexibility index (Phi) is 3.99. The molecule has 1 N–H and O–H groups in total. The first-order valence-electron chi connectivity index (χ1n) is 5.70. The van der Waals surface area contributed by atoms with Crippen LogP contribution >= 0.6 is 0 Å². The number of nitrogens with zero attached hydrogens (tertiary/aromatic N) is 1. The quantitative estimate of drug-likeness (QED) is 0.826. The largest absolute Gasteiger partial charge is 0.481 e. The first kappa shape index (κ1) is 11.2. The predicted octanol–water partition coefficient (Wildman–Crippen LogP) is 1.93. The molecule has 1 aromatic heterocycles. The number of pyridine rings is 1. The van der Waals surface area contributed by atoms with E-state index in [1.165, 1.54) is 6.42 Å². The second-order valence-electron chi connectivity index (χ2n) is 4.03. The lowest BCUT2D eigenvalue weighted by molar-refractivity contribution is 0.185. The highest BCUT2D eigenvalue weighted by Crippen LogP contribution is 2.17. The number of ether oxygens (including phenoxy) is 2. The van der Waals surface area contributed by atoms with Crippen molar-refractivity contribution in [3.63, 3.8) is 0 Å². The van der Waals surface area contributed by atoms with Gasteiger partial charge in [0.05, 0.1) is 7.11 Å². The second-order valence-corrected chi connectivity index (χ2v) is 4.03. The van der Waals surface area contributed by atoms with Crippen LogP contribution in [0.25, 0.3) is 0 Å². The van der Waals surface area contributed by atoms with Crippen molar-refractivity contribution in [2.24, 2.45) is 5.92 Å². The molecule has 0 amide bonds. The van der Waals surface area contributed by atoms with Crippen LogP contribution < -0.4 is 10.1 Å². The monoisotopic (exact) mass is 222 g/mol. The smallest absolute Gasteiger partial charge is 0.214 e. The number of anilines is 1. The fourth-order valence-electron chi connectivity index (χ4n) is 1.86. The van der Waals surface area contributed by atoms with Crippen molar-refractivity contribution < 1.29 is 9.47 Å². The third kappa shape index (κ3) is 3.10. The molecule has 4 nitrogen and oxygen atoms in total. The average Bonchev–Trinajstić information content (AvgIpc) is 2.82. The van der Waals surface area contributed by atoms with Crippen LogP contribution in [-0.4, -0.2) is 31.9 Å². The minimum absolute atomic E-state index is 0.647. The first-order chi connectivity index (χ1) is 7.88. The summed E-state index contributed by atoms with van der Waals surface area (Å²) in [6, 6.07) is 3.86. The Morgan fingerprint density at radius 3 is 3.31 bits per heavy atom. The van der Waals surface area contributed by atoms with Gasteiger partial charge >= 0.3 is 0 Å². The maximum absolute atomic E-state index is 5.34. The van der Waals surface area contributed by atoms with Crippen LogP contribution in [0.5, 0.6) is 5.88 Å². The fraction of sp³-hybridized carbons (Fsp3) is 0.583. The van der Waals surface area contributed by atoms with E-state index in [4.69, 9.17) is 9.47 Å². The molecule has 1 atom stereocenters. The van der Waals surface area contributed by atoms with Gasteiger partial charge in [0, 0.05) is 37.7 Å². The molecule has 1 aromatic rings. The zero-order chi connectivity index (χ0) is 11.2. The van der Waals surface area contributed by atoms with Crippen molar-refractivity contribution in [2.45, 2.75) is 12.8 Å². The second kappa shape index (κ2) is 5.70. The van der Waals surface area contributed by atoms with Gasteiger partial charge in [-0.25, -0.2) is 4.98 Å². The Hall–Kier alpha value is -1.29. The summed E-state index contributed by atoms with van der Waals surface area (Å²) in [4.78, 5) is 4.06. The summed E-state index contributed by atoms with van der Waals surface area (Å²) >= 11 is 0. The Balaban J connectivity index is 1.75. The van der Waals surface area contributed by atoms with Gasteiger partial charge in [-0.15, -0.1) is 0 Å². The highest BCUT2D eigenvalue weighted by molar-refractivity contribution is 5.44. The topological polar surface area (TPSA) is 43.4 Å². The van der Waals surface area contributed by atoms with Crippen LogP contribution in [0, 0.1) is 5.92 Å². The molecule has 2 heterocycles. The molecule has 1 saturated heterocycles. The number of nitrogens with one attached hydrogen (secondary N) is 1. The SMILES string of the molecule is COc1cc(NCCC2CCOC2)ccn1. The molecule has 0 radical (unpaired) electrons. The van der Waals surface area contributed by atoms with Crippen molar-refractivity contribution in [2.75, 3.05) is 32.2 Å². The minimum Gasteiger partial charge on any atom is -0.481 e. The molecule has 4 heteroatoms. The number of hydrogen-bond donors (Lipinski definition) is 1. The summed E-state index contributed by atoms with van der Waals surface area (Å²) in [5.41, 5.74) is 1.06. The Morgan fingerprint density at radius 2 is 2.56 bits per heavy atom. The Morgan fingerprint density at radius 1 is 1.62 bits per heavy atom. The van der Waals surface area contributed by atoms with E-state index >= 15 is 0 Å². The fourth-order valence-corrected chi connectivity index (χ4v) is 1.86. The van der Waals surface area contributed by atoms with Gasteiger partial charge in [-0.3, -0.25) is 0 Å². The van der Waals surface area contributed by atoms with Gasteiger partial charge in [0.1, 0.15) is 0 Å². The molecule has 0 spiro atoms. The van der Waals surface area contributed by atoms with Gasteiger partial charge in [0.25, 0.3) is 0 Å². The van der Waals surface area contributed by atoms with Crippen LogP contribution in [0.3, 0.4) is 0 Å². The molecule has 2 rings (SSSR count). The van der Waals surface area contributed by atoms with Crippen LogP contribution in [0.15, 0.2) is 18.3 Å². The van der Waals surface area contributed by atoms with Gasteiger partial charge in [0.15, 0.2) is 0 Å². The molecule has 0 saturated carbocycles. The minimum atomic E-state index is 0.647. The Labute approximate surface area is 96.0 Å². The van der Waals surface area contributed by atoms with Crippen molar-refractivity contribution in [1.29, 1.82) is 0 Å². The number of methoxy groups -OCH3 is 1. The van der Waals surface area contributed by atoms with Crippen LogP contribution in [0.2, 0.25) is 0 Å². The lowest BCUT2D eigenvalue weighted by Gasteiger charge is -2.10. The molecule has 1 unspecified atom stereocenters. The van der Waals surface area contributed by atoms with E-state index < -0.39 is 0 Å². The van der Waals surface area contributed by atoms with E-state index in [-0.39, 0.29) is 0 Å². The maximum Gasteiger partial charge on any atom is 0.214 e. The summed E-state index contributed by atoms with van der Waals surface area (Å²) in [5, 5.41) is 3.37. The summed E-state index contributed by atoms with van der Waals surface area (Å²) in [6.07, 6.45) is 4.10. The van der Waals surface area contributed by atoms with Crippen molar-refractivity contribution in [3.05, 3.63) is 18.3 Å². The van der Waals surface area contributed by atoms with Crippen LogP contribution in [0.1, 0.15) is 12.8 Å². The van der Waals surface area contributed by atoms with Gasteiger partial charge in [-0.2, -0.15) is 0 Å². The maximum atomic E-state index is 5.34. The molecular weight excluding hydrogens is 204 g/mol. The number of hydrogen-bond acceptors (Lipinski definition) is 4. The van der Waals surface area contributed by atoms with Crippen LogP contribution in [-0.2, 0) is 4.74 Å². The molecule has 88 valence electrons. The normalized spacial score (nSPS) is 19.7. The van der Waals surface area contributed by atoms with E-state index in [0.29, 0.717) is 5.88 Å². The Bertz CT molecular complexity index is 325. The third-order valence-electron chi connectivity index (χ3n) is 2.85. The highest BCUT2D eigenvalue weighted by atomic mass is 16.5. The molecule has 1 fully saturated rings. The molecular formula is C12H18N2O2. The predicted molar refractivity (Wildman–Crippen MR) is 62.8 cm³/mol. The molecule has 16 heavy (non-hydrogen) atoms. The molecule has 0 bridgehead atoms. The summed E-state index contributed by atoms with van der Waals surface area (Å²) in [7, 11) is 1.63. The van der Waals surface area contributed by atoms with Gasteiger partial charge in [-0.1, -0.05) is 0 Å². The van der Waals surface area contributed by atoms with E-state index in [2.05, 4.69) is 10.3 Å². The molecule has 0 aliphatic carbocycles. The van der Waals surface area contributed by atoms with Crippen molar-refractivity contribution in [3.8, 4) is 5.88 Å². The average molecular weight is 222 g/mol. The van der Waals surface area contributed by atoms with Crippen LogP contribution in [0.4, 0.5) is 5.69 Å². The molecule has 0 aromatic carbocycles. The van der Waals surface area contributed by atoms with E-state index in [1.807, 2.05) is 12.1 Å². The van der Waals surface area contributed by atoms with E-state index in [0.717, 1.165) is 37.8 Å². The lowest BCUT2D eigenvalue weighted by atomic mass is 10.1. The van der Waals surface area contributed by atoms with Crippen molar-refractivity contribution in [1.82, 2.24) is 4.98 Å². The zero-order valence-corrected chi connectivity index (χ0v) is 9.61. The first-order valence-corrected chi connectivity index (χ1v) is 5.70. The third-order valence-corrected chi connectivity index (χ3v) is 2.85. The number of rotatable bonds is 5. The van der Waals surface area contributed by atoms with Crippen molar-refractivity contribution >= 4 is 5.69 Å². The zero-order valence-electron chi connectivity index (χ0n) is 9.61. The molecule has 1 aliphatic rings. The summed E-state index contributed by atoms with van der Waals surface area (Å²) < 4.78 is 10.4. The van der Waals surface area contributed by atoms with Gasteiger partial charge < -0.3 is 14.8 Å². The highest BCUT2D eigenvalue weighted by Gasteiger charge is 2.14. The van der Waals surface area contributed by atoms with Gasteiger partial charge in [-0.05, 0) is 24.8 Å². The summed E-state index contributed by atoms with van der Waals surface area (Å²) in [5.74, 6) is 1.37. The van der Waals surface area contributed by atoms with Gasteiger partial charge in [0.2, 0.25) is 5.88 Å². The summed E-state index contributed by atoms with van der Waals surface area (Å²) in [6.45, 7) is 2.82. The molecule has 1 aliphatic heterocycles. The van der Waals surface area contributed by atoms with E-state index in [9.17, 15) is 0 Å². The van der Waals surface area contributed by atoms with E-state index in [1.54, 1.807) is 13.3 Å². The standard InChI is InChI=1S/C12H18N2O2/c1-15-12-8-11(3-6-14-12)13-5-2-10-4-7-16-9-10/h3,6,8,10H,2,4-5,7,9H2,1H3,(H,13,14). The number of aromatic nitrogens is 1. The lowest BCUT2D eigenvalue weighted by Crippen LogP contribution is -2.09.